The van der Waals surface area contributed by atoms with Gasteiger partial charge in [0.15, 0.2) is 0 Å². The first-order chi connectivity index (χ1) is 12.1. The standard InChI is InChI=1S/C20H28O5/c1-23-13-25-19(15-8-3-4-9-18(15)24-2)20-10-6-5-7-14(20)11-16(21)17(22)12-20/h3-4,8-9,11,16-17,19,21-22H,5-7,10,12-13H2,1-2H3/t16?,17?,19-,20+/m1/s1. The molecule has 0 saturated heterocycles. The van der Waals surface area contributed by atoms with Crippen molar-refractivity contribution in [1.82, 2.24) is 0 Å². The van der Waals surface area contributed by atoms with Crippen molar-refractivity contribution in [2.75, 3.05) is 21.0 Å². The molecule has 2 aliphatic rings. The van der Waals surface area contributed by atoms with Gasteiger partial charge in [0.2, 0.25) is 0 Å². The van der Waals surface area contributed by atoms with Gasteiger partial charge in [-0.15, -0.1) is 0 Å². The molecule has 138 valence electrons. The Morgan fingerprint density at radius 3 is 2.76 bits per heavy atom. The SMILES string of the molecule is COCO[C@H](c1ccccc1OC)[C@]12CCCCC1=CC(O)C(O)C2. The Hall–Kier alpha value is -1.40. The molecule has 1 saturated carbocycles. The number of methoxy groups -OCH3 is 2. The lowest BCUT2D eigenvalue weighted by Gasteiger charge is -2.49. The summed E-state index contributed by atoms with van der Waals surface area (Å²) in [5.41, 5.74) is 1.80. The summed E-state index contributed by atoms with van der Waals surface area (Å²) in [4.78, 5) is 0. The summed E-state index contributed by atoms with van der Waals surface area (Å²) < 4.78 is 16.9. The Morgan fingerprint density at radius 1 is 1.20 bits per heavy atom. The molecule has 2 unspecified atom stereocenters. The van der Waals surface area contributed by atoms with Crippen molar-refractivity contribution in [3.63, 3.8) is 0 Å². The molecule has 1 aromatic carbocycles. The molecule has 4 atom stereocenters. The third kappa shape index (κ3) is 3.47. The van der Waals surface area contributed by atoms with E-state index in [-0.39, 0.29) is 18.3 Å². The van der Waals surface area contributed by atoms with Gasteiger partial charge >= 0.3 is 0 Å². The number of para-hydroxylation sites is 1. The predicted molar refractivity (Wildman–Crippen MR) is 94.3 cm³/mol. The Morgan fingerprint density at radius 2 is 2.00 bits per heavy atom. The number of ether oxygens (including phenoxy) is 3. The number of hydrogen-bond acceptors (Lipinski definition) is 5. The molecule has 25 heavy (non-hydrogen) atoms. The summed E-state index contributed by atoms with van der Waals surface area (Å²) in [7, 11) is 3.26. The molecular weight excluding hydrogens is 320 g/mol. The van der Waals surface area contributed by atoms with Gasteiger partial charge in [-0.2, -0.15) is 0 Å². The van der Waals surface area contributed by atoms with Crippen LogP contribution in [0.5, 0.6) is 5.75 Å². The lowest BCUT2D eigenvalue weighted by atomic mass is 9.59. The zero-order valence-corrected chi connectivity index (χ0v) is 15.0. The van der Waals surface area contributed by atoms with Crippen LogP contribution in [0.3, 0.4) is 0 Å². The number of aliphatic hydroxyl groups excluding tert-OH is 2. The molecule has 2 N–H and O–H groups in total. The van der Waals surface area contributed by atoms with E-state index in [1.165, 1.54) is 5.57 Å². The van der Waals surface area contributed by atoms with Crippen molar-refractivity contribution in [3.8, 4) is 5.75 Å². The second kappa shape index (κ2) is 7.87. The molecule has 0 spiro atoms. The number of hydrogen-bond donors (Lipinski definition) is 2. The summed E-state index contributed by atoms with van der Waals surface area (Å²) in [6.45, 7) is 0.163. The lowest BCUT2D eigenvalue weighted by Crippen LogP contribution is -2.45. The molecule has 0 aromatic heterocycles. The molecular formula is C20H28O5. The summed E-state index contributed by atoms with van der Waals surface area (Å²) in [6, 6.07) is 7.84. The highest BCUT2D eigenvalue weighted by Crippen LogP contribution is 2.57. The van der Waals surface area contributed by atoms with Crippen LogP contribution in [0.4, 0.5) is 0 Å². The normalized spacial score (nSPS) is 30.3. The Bertz CT molecular complexity index is 614. The van der Waals surface area contributed by atoms with E-state index >= 15 is 0 Å². The molecule has 0 bridgehead atoms. The maximum Gasteiger partial charge on any atom is 0.147 e. The van der Waals surface area contributed by atoms with E-state index in [0.717, 1.165) is 37.0 Å². The van der Waals surface area contributed by atoms with E-state index in [1.807, 2.05) is 30.3 Å². The van der Waals surface area contributed by atoms with Gasteiger partial charge in [-0.1, -0.05) is 36.3 Å². The minimum absolute atomic E-state index is 0.163. The van der Waals surface area contributed by atoms with E-state index in [2.05, 4.69) is 0 Å². The monoisotopic (exact) mass is 348 g/mol. The van der Waals surface area contributed by atoms with Crippen LogP contribution in [0.25, 0.3) is 0 Å². The molecule has 0 amide bonds. The van der Waals surface area contributed by atoms with Crippen molar-refractivity contribution in [3.05, 3.63) is 41.5 Å². The van der Waals surface area contributed by atoms with E-state index in [1.54, 1.807) is 14.2 Å². The van der Waals surface area contributed by atoms with Gasteiger partial charge in [0.1, 0.15) is 12.5 Å². The molecule has 0 heterocycles. The highest BCUT2D eigenvalue weighted by atomic mass is 16.7. The van der Waals surface area contributed by atoms with Crippen molar-refractivity contribution in [2.24, 2.45) is 5.41 Å². The molecule has 3 rings (SSSR count). The molecule has 0 aliphatic heterocycles. The zero-order chi connectivity index (χ0) is 17.9. The van der Waals surface area contributed by atoms with Crippen LogP contribution >= 0.6 is 0 Å². The van der Waals surface area contributed by atoms with Gasteiger partial charge in [-0.3, -0.25) is 0 Å². The van der Waals surface area contributed by atoms with E-state index in [9.17, 15) is 10.2 Å². The Balaban J connectivity index is 2.08. The number of fused-ring (bicyclic) bond motifs is 1. The highest BCUT2D eigenvalue weighted by molar-refractivity contribution is 5.40. The summed E-state index contributed by atoms with van der Waals surface area (Å²) in [5.74, 6) is 0.767. The summed E-state index contributed by atoms with van der Waals surface area (Å²) in [5, 5.41) is 20.6. The van der Waals surface area contributed by atoms with Crippen LogP contribution in [0.2, 0.25) is 0 Å². The highest BCUT2D eigenvalue weighted by Gasteiger charge is 2.50. The fourth-order valence-electron chi connectivity index (χ4n) is 4.43. The van der Waals surface area contributed by atoms with Crippen LogP contribution in [-0.4, -0.2) is 43.4 Å². The first-order valence-corrected chi connectivity index (χ1v) is 8.93. The van der Waals surface area contributed by atoms with Crippen molar-refractivity contribution < 1.29 is 24.4 Å². The Kier molecular flexibility index (Phi) is 5.79. The van der Waals surface area contributed by atoms with Crippen LogP contribution in [0.15, 0.2) is 35.9 Å². The lowest BCUT2D eigenvalue weighted by molar-refractivity contribution is -0.135. The fraction of sp³-hybridized carbons (Fsp3) is 0.600. The molecule has 0 radical (unpaired) electrons. The van der Waals surface area contributed by atoms with Gasteiger partial charge in [0.05, 0.1) is 25.4 Å². The second-order valence-electron chi connectivity index (χ2n) is 7.01. The van der Waals surface area contributed by atoms with E-state index < -0.39 is 12.2 Å². The number of benzene rings is 1. The van der Waals surface area contributed by atoms with E-state index in [0.29, 0.717) is 6.42 Å². The summed E-state index contributed by atoms with van der Waals surface area (Å²) in [6.07, 6.45) is 4.44. The first-order valence-electron chi connectivity index (χ1n) is 8.93. The second-order valence-corrected chi connectivity index (χ2v) is 7.01. The molecule has 5 nitrogen and oxygen atoms in total. The van der Waals surface area contributed by atoms with Crippen molar-refractivity contribution in [1.29, 1.82) is 0 Å². The third-order valence-corrected chi connectivity index (χ3v) is 5.57. The third-order valence-electron chi connectivity index (χ3n) is 5.57. The summed E-state index contributed by atoms with van der Waals surface area (Å²) >= 11 is 0. The Labute approximate surface area is 149 Å². The predicted octanol–water partition coefficient (Wildman–Crippen LogP) is 2.97. The minimum Gasteiger partial charge on any atom is -0.496 e. The molecule has 5 heteroatoms. The average Bonchev–Trinajstić information content (AvgIpc) is 2.63. The number of aliphatic hydroxyl groups is 2. The van der Waals surface area contributed by atoms with Crippen LogP contribution in [-0.2, 0) is 9.47 Å². The maximum absolute atomic E-state index is 10.4. The van der Waals surface area contributed by atoms with Gasteiger partial charge < -0.3 is 24.4 Å². The number of rotatable bonds is 6. The van der Waals surface area contributed by atoms with Gasteiger partial charge in [0, 0.05) is 18.1 Å². The van der Waals surface area contributed by atoms with Gasteiger partial charge in [-0.05, 0) is 31.7 Å². The van der Waals surface area contributed by atoms with Crippen LogP contribution < -0.4 is 4.74 Å². The zero-order valence-electron chi connectivity index (χ0n) is 15.0. The molecule has 1 fully saturated rings. The van der Waals surface area contributed by atoms with Crippen LogP contribution in [0, 0.1) is 5.41 Å². The smallest absolute Gasteiger partial charge is 0.147 e. The fourth-order valence-corrected chi connectivity index (χ4v) is 4.43. The topological polar surface area (TPSA) is 68.2 Å². The average molecular weight is 348 g/mol. The molecule has 1 aromatic rings. The maximum atomic E-state index is 10.4. The minimum atomic E-state index is -0.804. The van der Waals surface area contributed by atoms with Crippen LogP contribution in [0.1, 0.15) is 43.8 Å². The quantitative estimate of drug-likeness (QED) is 0.611. The van der Waals surface area contributed by atoms with Gasteiger partial charge in [0.25, 0.3) is 0 Å². The largest absolute Gasteiger partial charge is 0.496 e. The molecule has 2 aliphatic carbocycles. The first kappa shape index (κ1) is 18.4. The van der Waals surface area contributed by atoms with Gasteiger partial charge in [-0.25, -0.2) is 0 Å². The van der Waals surface area contributed by atoms with E-state index in [4.69, 9.17) is 14.2 Å². The van der Waals surface area contributed by atoms with Crippen molar-refractivity contribution in [2.45, 2.75) is 50.4 Å². The van der Waals surface area contributed by atoms with Crippen molar-refractivity contribution >= 4 is 0 Å².